The number of nitrogen functional groups attached to an aromatic ring is 1. The van der Waals surface area contributed by atoms with Gasteiger partial charge in [0.05, 0.1) is 19.0 Å². The highest BCUT2D eigenvalue weighted by Gasteiger charge is 2.09. The van der Waals surface area contributed by atoms with Crippen LogP contribution in [0.15, 0.2) is 12.7 Å². The Morgan fingerprint density at radius 2 is 2.27 bits per heavy atom. The highest BCUT2D eigenvalue weighted by molar-refractivity contribution is 5.81. The van der Waals surface area contributed by atoms with Gasteiger partial charge >= 0.3 is 0 Å². The lowest BCUT2D eigenvalue weighted by atomic mass is 10.4. The number of rotatable bonds is 3. The van der Waals surface area contributed by atoms with Gasteiger partial charge in [0.25, 0.3) is 0 Å². The van der Waals surface area contributed by atoms with Crippen molar-refractivity contribution >= 4 is 17.0 Å². The summed E-state index contributed by atoms with van der Waals surface area (Å²) in [6.07, 6.45) is 3.25. The first-order valence-electron chi connectivity index (χ1n) is 4.66. The minimum atomic E-state index is 0.110. The lowest BCUT2D eigenvalue weighted by molar-refractivity contribution is 0.104. The molecule has 1 atom stereocenters. The van der Waals surface area contributed by atoms with Crippen LogP contribution < -0.4 is 5.73 Å². The predicted octanol–water partition coefficient (Wildman–Crippen LogP) is 0.443. The number of fused-ring (bicyclic) bond motifs is 1. The van der Waals surface area contributed by atoms with Crippen LogP contribution in [0.2, 0.25) is 0 Å². The topological polar surface area (TPSA) is 78.9 Å². The van der Waals surface area contributed by atoms with E-state index >= 15 is 0 Å². The van der Waals surface area contributed by atoms with E-state index in [4.69, 9.17) is 10.5 Å². The van der Waals surface area contributed by atoms with Crippen LogP contribution in [-0.4, -0.2) is 32.7 Å². The first-order chi connectivity index (χ1) is 7.22. The van der Waals surface area contributed by atoms with Gasteiger partial charge in [-0.05, 0) is 6.92 Å². The molecule has 0 aromatic carbocycles. The summed E-state index contributed by atoms with van der Waals surface area (Å²) in [7, 11) is 1.67. The van der Waals surface area contributed by atoms with Crippen LogP contribution in [0, 0.1) is 0 Å². The third kappa shape index (κ3) is 1.75. The van der Waals surface area contributed by atoms with Crippen LogP contribution in [0.1, 0.15) is 6.92 Å². The number of nitrogens with zero attached hydrogens (tertiary/aromatic N) is 4. The number of aromatic nitrogens is 4. The highest BCUT2D eigenvalue weighted by atomic mass is 16.5. The molecule has 0 amide bonds. The molecule has 2 rings (SSSR count). The Morgan fingerprint density at radius 3 is 3.00 bits per heavy atom. The van der Waals surface area contributed by atoms with Crippen molar-refractivity contribution in [1.82, 2.24) is 19.5 Å². The van der Waals surface area contributed by atoms with Gasteiger partial charge in [0, 0.05) is 7.11 Å². The summed E-state index contributed by atoms with van der Waals surface area (Å²) in [5.41, 5.74) is 7.06. The lowest BCUT2D eigenvalue weighted by Gasteiger charge is -2.09. The van der Waals surface area contributed by atoms with Gasteiger partial charge in [0.15, 0.2) is 11.5 Å². The zero-order valence-electron chi connectivity index (χ0n) is 8.71. The summed E-state index contributed by atoms with van der Waals surface area (Å²) in [6.45, 7) is 2.68. The van der Waals surface area contributed by atoms with Gasteiger partial charge < -0.3 is 15.0 Å². The third-order valence-electron chi connectivity index (χ3n) is 2.29. The average molecular weight is 207 g/mol. The van der Waals surface area contributed by atoms with Gasteiger partial charge in [-0.3, -0.25) is 0 Å². The molecule has 6 heteroatoms. The molecular formula is C9H13N5O. The molecule has 0 saturated carbocycles. The molecule has 0 aliphatic rings. The van der Waals surface area contributed by atoms with Gasteiger partial charge in [-0.25, -0.2) is 15.0 Å². The Bertz CT molecular complexity index is 466. The van der Waals surface area contributed by atoms with Crippen molar-refractivity contribution in [3.63, 3.8) is 0 Å². The second-order valence-corrected chi connectivity index (χ2v) is 3.37. The van der Waals surface area contributed by atoms with Crippen molar-refractivity contribution in [3.8, 4) is 0 Å². The predicted molar refractivity (Wildman–Crippen MR) is 56.2 cm³/mol. The van der Waals surface area contributed by atoms with Crippen LogP contribution in [0.4, 0.5) is 5.82 Å². The maximum atomic E-state index is 5.67. The van der Waals surface area contributed by atoms with E-state index in [2.05, 4.69) is 15.0 Å². The average Bonchev–Trinajstić information content (AvgIpc) is 2.63. The zero-order chi connectivity index (χ0) is 10.8. The second-order valence-electron chi connectivity index (χ2n) is 3.37. The fourth-order valence-corrected chi connectivity index (χ4v) is 1.38. The third-order valence-corrected chi connectivity index (χ3v) is 2.29. The summed E-state index contributed by atoms with van der Waals surface area (Å²) in [4.78, 5) is 12.2. The SMILES string of the molecule is COC(C)Cn1cnc2c(N)ncnc21. The largest absolute Gasteiger partial charge is 0.382 e. The van der Waals surface area contributed by atoms with E-state index in [1.54, 1.807) is 13.4 Å². The van der Waals surface area contributed by atoms with Crippen LogP contribution in [0.5, 0.6) is 0 Å². The molecule has 0 aliphatic carbocycles. The molecule has 0 aliphatic heterocycles. The first kappa shape index (κ1) is 9.85. The summed E-state index contributed by atoms with van der Waals surface area (Å²) in [5.74, 6) is 0.406. The Kier molecular flexibility index (Phi) is 2.51. The fraction of sp³-hybridized carbons (Fsp3) is 0.444. The van der Waals surface area contributed by atoms with E-state index in [-0.39, 0.29) is 6.10 Å². The van der Waals surface area contributed by atoms with Gasteiger partial charge in [0.2, 0.25) is 0 Å². The number of anilines is 1. The fourth-order valence-electron chi connectivity index (χ4n) is 1.38. The summed E-state index contributed by atoms with van der Waals surface area (Å²) in [6, 6.07) is 0. The molecule has 80 valence electrons. The van der Waals surface area contributed by atoms with Crippen LogP contribution in [0.3, 0.4) is 0 Å². The van der Waals surface area contributed by atoms with Crippen LogP contribution in [-0.2, 0) is 11.3 Å². The van der Waals surface area contributed by atoms with E-state index < -0.39 is 0 Å². The van der Waals surface area contributed by atoms with Gasteiger partial charge in [-0.1, -0.05) is 0 Å². The summed E-state index contributed by atoms with van der Waals surface area (Å²) >= 11 is 0. The number of hydrogen-bond acceptors (Lipinski definition) is 5. The minimum Gasteiger partial charge on any atom is -0.382 e. The maximum absolute atomic E-state index is 5.67. The monoisotopic (exact) mass is 207 g/mol. The highest BCUT2D eigenvalue weighted by Crippen LogP contribution is 2.14. The standard InChI is InChI=1S/C9H13N5O/c1-6(15-2)3-14-5-13-7-8(10)11-4-12-9(7)14/h4-6H,3H2,1-2H3,(H2,10,11,12). The molecule has 2 N–H and O–H groups in total. The van der Waals surface area contributed by atoms with E-state index in [1.165, 1.54) is 6.33 Å². The molecule has 0 spiro atoms. The quantitative estimate of drug-likeness (QED) is 0.790. The molecule has 0 radical (unpaired) electrons. The Labute approximate surface area is 87.1 Å². The number of ether oxygens (including phenoxy) is 1. The molecular weight excluding hydrogens is 194 g/mol. The number of hydrogen-bond donors (Lipinski definition) is 1. The molecule has 2 aromatic heterocycles. The smallest absolute Gasteiger partial charge is 0.165 e. The molecule has 0 bridgehead atoms. The first-order valence-corrected chi connectivity index (χ1v) is 4.66. The molecule has 6 nitrogen and oxygen atoms in total. The lowest BCUT2D eigenvalue weighted by Crippen LogP contribution is -2.14. The van der Waals surface area contributed by atoms with E-state index in [1.807, 2.05) is 11.5 Å². The Hall–Kier alpha value is -1.69. The molecule has 1 unspecified atom stereocenters. The summed E-state index contributed by atoms with van der Waals surface area (Å²) < 4.78 is 7.08. The number of imidazole rings is 1. The van der Waals surface area contributed by atoms with Crippen molar-refractivity contribution in [2.75, 3.05) is 12.8 Å². The number of nitrogens with two attached hydrogens (primary N) is 1. The summed E-state index contributed by atoms with van der Waals surface area (Å²) in [5, 5.41) is 0. The maximum Gasteiger partial charge on any atom is 0.165 e. The Balaban J connectivity index is 2.41. The molecule has 0 fully saturated rings. The normalized spacial score (nSPS) is 13.2. The van der Waals surface area contributed by atoms with Crippen molar-refractivity contribution < 1.29 is 4.74 Å². The Morgan fingerprint density at radius 1 is 1.47 bits per heavy atom. The van der Waals surface area contributed by atoms with Crippen molar-refractivity contribution in [2.45, 2.75) is 19.6 Å². The molecule has 0 saturated heterocycles. The van der Waals surface area contributed by atoms with E-state index in [0.717, 1.165) is 5.65 Å². The van der Waals surface area contributed by atoms with Gasteiger partial charge in [-0.2, -0.15) is 0 Å². The van der Waals surface area contributed by atoms with Gasteiger partial charge in [-0.15, -0.1) is 0 Å². The van der Waals surface area contributed by atoms with Crippen molar-refractivity contribution in [1.29, 1.82) is 0 Å². The van der Waals surface area contributed by atoms with Crippen LogP contribution in [0.25, 0.3) is 11.2 Å². The molecule has 2 aromatic rings. The number of methoxy groups -OCH3 is 1. The molecule has 15 heavy (non-hydrogen) atoms. The van der Waals surface area contributed by atoms with Crippen molar-refractivity contribution in [2.24, 2.45) is 0 Å². The molecule has 2 heterocycles. The van der Waals surface area contributed by atoms with Gasteiger partial charge in [0.1, 0.15) is 11.8 Å². The minimum absolute atomic E-state index is 0.110. The van der Waals surface area contributed by atoms with Crippen LogP contribution >= 0.6 is 0 Å². The second kappa shape index (κ2) is 3.82. The van der Waals surface area contributed by atoms with Crippen molar-refractivity contribution in [3.05, 3.63) is 12.7 Å². The zero-order valence-corrected chi connectivity index (χ0v) is 8.71. The van der Waals surface area contributed by atoms with E-state index in [0.29, 0.717) is 17.9 Å². The van der Waals surface area contributed by atoms with E-state index in [9.17, 15) is 0 Å².